The molecular formula is C13H15N3O2S. The van der Waals surface area contributed by atoms with Gasteiger partial charge in [0.15, 0.2) is 6.61 Å². The van der Waals surface area contributed by atoms with Crippen LogP contribution in [0.5, 0.6) is 5.75 Å². The molecule has 0 unspecified atom stereocenters. The number of hydrogen-bond acceptors (Lipinski definition) is 5. The molecule has 1 aromatic carbocycles. The second-order valence-electron chi connectivity index (χ2n) is 4.16. The molecule has 0 spiro atoms. The Morgan fingerprint density at radius 3 is 2.79 bits per heavy atom. The molecule has 1 aromatic heterocycles. The van der Waals surface area contributed by atoms with E-state index in [0.717, 1.165) is 21.9 Å². The highest BCUT2D eigenvalue weighted by atomic mass is 32.1. The Hall–Kier alpha value is -1.95. The third-order valence-corrected chi connectivity index (χ3v) is 3.44. The van der Waals surface area contributed by atoms with E-state index in [1.54, 1.807) is 0 Å². The molecule has 0 aliphatic heterocycles. The van der Waals surface area contributed by atoms with E-state index in [-0.39, 0.29) is 12.5 Å². The van der Waals surface area contributed by atoms with Crippen molar-refractivity contribution in [2.75, 3.05) is 11.9 Å². The normalized spacial score (nSPS) is 10.3. The van der Waals surface area contributed by atoms with Crippen molar-refractivity contribution in [1.29, 1.82) is 0 Å². The van der Waals surface area contributed by atoms with Crippen LogP contribution in [-0.2, 0) is 4.79 Å². The van der Waals surface area contributed by atoms with Crippen LogP contribution in [0.1, 0.15) is 16.1 Å². The third-order valence-electron chi connectivity index (χ3n) is 2.69. The van der Waals surface area contributed by atoms with E-state index < -0.39 is 0 Å². The summed E-state index contributed by atoms with van der Waals surface area (Å²) in [5.74, 6) is 0.487. The summed E-state index contributed by atoms with van der Waals surface area (Å²) in [7, 11) is 0. The smallest absolute Gasteiger partial charge is 0.264 e. The molecular weight excluding hydrogens is 262 g/mol. The Balaban J connectivity index is 1.91. The number of amides is 1. The number of ether oxygens (including phenoxy) is 1. The first-order valence-corrected chi connectivity index (χ1v) is 6.67. The van der Waals surface area contributed by atoms with Gasteiger partial charge >= 0.3 is 0 Å². The van der Waals surface area contributed by atoms with E-state index >= 15 is 0 Å². The molecule has 0 fully saturated rings. The number of aromatic nitrogens is 2. The van der Waals surface area contributed by atoms with Crippen LogP contribution in [0.15, 0.2) is 18.2 Å². The summed E-state index contributed by atoms with van der Waals surface area (Å²) < 4.78 is 5.50. The number of carbonyl (C=O) groups is 1. The minimum absolute atomic E-state index is 0.0388. The lowest BCUT2D eigenvalue weighted by Crippen LogP contribution is -2.20. The zero-order chi connectivity index (χ0) is 13.8. The molecule has 5 nitrogen and oxygen atoms in total. The van der Waals surface area contributed by atoms with Crippen LogP contribution in [0, 0.1) is 20.8 Å². The average Bonchev–Trinajstić information content (AvgIpc) is 2.76. The third kappa shape index (κ3) is 3.51. The number of hydrogen-bond donors (Lipinski definition) is 1. The zero-order valence-corrected chi connectivity index (χ0v) is 11.9. The predicted octanol–water partition coefficient (Wildman–Crippen LogP) is 2.48. The van der Waals surface area contributed by atoms with Crippen LogP contribution in [0.4, 0.5) is 5.13 Å². The van der Waals surface area contributed by atoms with Crippen LogP contribution >= 0.6 is 11.3 Å². The molecule has 1 amide bonds. The van der Waals surface area contributed by atoms with Gasteiger partial charge in [0, 0.05) is 0 Å². The van der Waals surface area contributed by atoms with Crippen LogP contribution < -0.4 is 10.1 Å². The van der Waals surface area contributed by atoms with E-state index in [2.05, 4.69) is 15.5 Å². The summed E-state index contributed by atoms with van der Waals surface area (Å²) in [6, 6.07) is 5.76. The largest absolute Gasteiger partial charge is 0.483 e. The molecule has 2 rings (SSSR count). The number of nitrogens with zero attached hydrogens (tertiary/aromatic N) is 2. The second kappa shape index (κ2) is 5.79. The number of rotatable bonds is 4. The Labute approximate surface area is 115 Å². The topological polar surface area (TPSA) is 64.1 Å². The molecule has 0 aliphatic carbocycles. The lowest BCUT2D eigenvalue weighted by molar-refractivity contribution is -0.118. The van der Waals surface area contributed by atoms with E-state index in [1.807, 2.05) is 39.0 Å². The first-order valence-electron chi connectivity index (χ1n) is 5.85. The highest BCUT2D eigenvalue weighted by molar-refractivity contribution is 7.15. The lowest BCUT2D eigenvalue weighted by Gasteiger charge is -2.10. The lowest BCUT2D eigenvalue weighted by atomic mass is 10.1. The summed E-state index contributed by atoms with van der Waals surface area (Å²) >= 11 is 1.33. The van der Waals surface area contributed by atoms with Crippen molar-refractivity contribution in [2.45, 2.75) is 20.8 Å². The monoisotopic (exact) mass is 277 g/mol. The summed E-state index contributed by atoms with van der Waals surface area (Å²) in [6.45, 7) is 5.77. The van der Waals surface area contributed by atoms with E-state index in [4.69, 9.17) is 4.74 Å². The van der Waals surface area contributed by atoms with Crippen molar-refractivity contribution in [2.24, 2.45) is 0 Å². The fraction of sp³-hybridized carbons (Fsp3) is 0.308. The Morgan fingerprint density at radius 1 is 1.32 bits per heavy atom. The average molecular weight is 277 g/mol. The molecule has 100 valence electrons. The first-order chi connectivity index (χ1) is 9.06. The maximum atomic E-state index is 11.7. The standard InChI is InChI=1S/C13H15N3O2S/c1-8-5-4-6-11(9(8)2)18-7-12(17)14-13-16-15-10(3)19-13/h4-6H,7H2,1-3H3,(H,14,16,17). The van der Waals surface area contributed by atoms with Crippen LogP contribution in [0.2, 0.25) is 0 Å². The van der Waals surface area contributed by atoms with E-state index in [1.165, 1.54) is 11.3 Å². The maximum Gasteiger partial charge on any atom is 0.264 e. The van der Waals surface area contributed by atoms with Crippen molar-refractivity contribution in [3.63, 3.8) is 0 Å². The fourth-order valence-corrected chi connectivity index (χ4v) is 2.13. The molecule has 0 saturated heterocycles. The number of carbonyl (C=O) groups excluding carboxylic acids is 1. The predicted molar refractivity (Wildman–Crippen MR) is 74.7 cm³/mol. The van der Waals surface area contributed by atoms with Gasteiger partial charge in [-0.25, -0.2) is 0 Å². The summed E-state index contributed by atoms with van der Waals surface area (Å²) in [4.78, 5) is 11.7. The van der Waals surface area contributed by atoms with Crippen molar-refractivity contribution in [1.82, 2.24) is 10.2 Å². The molecule has 0 atom stereocenters. The highest BCUT2D eigenvalue weighted by Crippen LogP contribution is 2.20. The van der Waals surface area contributed by atoms with Gasteiger partial charge in [-0.05, 0) is 38.0 Å². The number of aryl methyl sites for hydroxylation is 2. The summed E-state index contributed by atoms with van der Waals surface area (Å²) in [5, 5.41) is 11.6. The van der Waals surface area contributed by atoms with Crippen molar-refractivity contribution in [3.8, 4) is 5.75 Å². The molecule has 1 heterocycles. The molecule has 0 aliphatic rings. The molecule has 2 aromatic rings. The van der Waals surface area contributed by atoms with Gasteiger partial charge < -0.3 is 4.74 Å². The Kier molecular flexibility index (Phi) is 4.11. The zero-order valence-electron chi connectivity index (χ0n) is 11.1. The minimum atomic E-state index is -0.239. The molecule has 6 heteroatoms. The summed E-state index contributed by atoms with van der Waals surface area (Å²) in [6.07, 6.45) is 0. The van der Waals surface area contributed by atoms with Gasteiger partial charge in [0.25, 0.3) is 5.91 Å². The van der Waals surface area contributed by atoms with Gasteiger partial charge in [-0.15, -0.1) is 10.2 Å². The van der Waals surface area contributed by atoms with Gasteiger partial charge in [0.2, 0.25) is 5.13 Å². The SMILES string of the molecule is Cc1nnc(NC(=O)COc2cccc(C)c2C)s1. The maximum absolute atomic E-state index is 11.7. The quantitative estimate of drug-likeness (QED) is 0.932. The van der Waals surface area contributed by atoms with Gasteiger partial charge in [-0.1, -0.05) is 23.5 Å². The van der Waals surface area contributed by atoms with Crippen LogP contribution in [0.3, 0.4) is 0 Å². The van der Waals surface area contributed by atoms with Crippen LogP contribution in [0.25, 0.3) is 0 Å². The fourth-order valence-electron chi connectivity index (χ4n) is 1.53. The highest BCUT2D eigenvalue weighted by Gasteiger charge is 2.08. The molecule has 1 N–H and O–H groups in total. The van der Waals surface area contributed by atoms with Gasteiger partial charge in [0.1, 0.15) is 10.8 Å². The van der Waals surface area contributed by atoms with Gasteiger partial charge in [-0.2, -0.15) is 0 Å². The molecule has 0 saturated carbocycles. The molecule has 0 radical (unpaired) electrons. The minimum Gasteiger partial charge on any atom is -0.483 e. The summed E-state index contributed by atoms with van der Waals surface area (Å²) in [5.41, 5.74) is 2.18. The number of benzene rings is 1. The van der Waals surface area contributed by atoms with Crippen molar-refractivity contribution < 1.29 is 9.53 Å². The van der Waals surface area contributed by atoms with Crippen molar-refractivity contribution >= 4 is 22.4 Å². The van der Waals surface area contributed by atoms with Gasteiger partial charge in [0.05, 0.1) is 0 Å². The van der Waals surface area contributed by atoms with Crippen LogP contribution in [-0.4, -0.2) is 22.7 Å². The first kappa shape index (κ1) is 13.5. The number of anilines is 1. The molecule has 0 bridgehead atoms. The number of nitrogens with one attached hydrogen (secondary N) is 1. The molecule has 19 heavy (non-hydrogen) atoms. The van der Waals surface area contributed by atoms with Gasteiger partial charge in [-0.3, -0.25) is 10.1 Å². The van der Waals surface area contributed by atoms with E-state index in [0.29, 0.717) is 5.13 Å². The Morgan fingerprint density at radius 2 is 2.11 bits per heavy atom. The van der Waals surface area contributed by atoms with E-state index in [9.17, 15) is 4.79 Å². The second-order valence-corrected chi connectivity index (χ2v) is 5.34. The Bertz CT molecular complexity index is 595. The van der Waals surface area contributed by atoms with Crippen molar-refractivity contribution in [3.05, 3.63) is 34.3 Å².